The van der Waals surface area contributed by atoms with E-state index in [0.29, 0.717) is 27.9 Å². The van der Waals surface area contributed by atoms with Crippen LogP contribution in [0.25, 0.3) is 11.4 Å². The van der Waals surface area contributed by atoms with Crippen LogP contribution in [0, 0.1) is 0 Å². The van der Waals surface area contributed by atoms with Crippen LogP contribution in [-0.4, -0.2) is 22.4 Å². The molecule has 1 N–H and O–H groups in total. The van der Waals surface area contributed by atoms with Gasteiger partial charge in [0.05, 0.1) is 38.8 Å². The fraction of sp³-hybridized carbons (Fsp3) is 0.364. The number of hydrogen-bond donors (Lipinski definition) is 1. The van der Waals surface area contributed by atoms with Gasteiger partial charge in [0.25, 0.3) is 5.69 Å². The molecule has 2 aromatic carbocycles. The lowest BCUT2D eigenvalue weighted by Gasteiger charge is -2.13. The Morgan fingerprint density at radius 3 is 2.11 bits per heavy atom. The Balaban J connectivity index is 1.46. The van der Waals surface area contributed by atoms with Gasteiger partial charge in [0.1, 0.15) is 5.69 Å². The second-order valence-electron chi connectivity index (χ2n) is 10.6. The molecule has 0 unspecified atom stereocenters. The van der Waals surface area contributed by atoms with Gasteiger partial charge in [-0.1, -0.05) is 117 Å². The number of hydrogen-bond acceptors (Lipinski definition) is 5. The van der Waals surface area contributed by atoms with Gasteiger partial charge in [-0.25, -0.2) is 9.48 Å². The number of ether oxygens (including phenoxy) is 1. The second-order valence-corrected chi connectivity index (χ2v) is 12.2. The number of pyridine rings is 1. The molecule has 11 heteroatoms. The molecule has 0 aliphatic carbocycles. The average Bonchev–Trinajstić information content (AvgIpc) is 3.31. The molecule has 0 amide bonds. The summed E-state index contributed by atoms with van der Waals surface area (Å²) < 4.78 is 8.26. The van der Waals surface area contributed by atoms with Crippen molar-refractivity contribution in [2.45, 2.75) is 71.1 Å². The molecule has 234 valence electrons. The zero-order valence-electron chi connectivity index (χ0n) is 24.6. The molecule has 0 aliphatic heterocycles. The van der Waals surface area contributed by atoms with Crippen LogP contribution in [0.3, 0.4) is 0 Å². The van der Waals surface area contributed by atoms with Crippen LogP contribution in [0.5, 0.6) is 5.88 Å². The van der Waals surface area contributed by atoms with Crippen LogP contribution in [-0.2, 0) is 4.74 Å². The quantitative estimate of drug-likeness (QED) is 0.0725. The van der Waals surface area contributed by atoms with Gasteiger partial charge in [-0.05, 0) is 36.8 Å². The standard InChI is InChI=1S/C33H36Cl4N4O3/c1-2-3-4-5-6-7-8-9-10-14-19-44-33(43)23-15-16-25(35)28(20-23)38-31-30(40-17-12-11-13-18-40)32(42)41(39-31)29-26(36)21-24(34)22-27(29)37/h11-13,15-18,20-22H,2-10,14,19H2,1H3,(H-,38,39,42). The lowest BCUT2D eigenvalue weighted by molar-refractivity contribution is -0.599. The predicted octanol–water partition coefficient (Wildman–Crippen LogP) is 9.66. The van der Waals surface area contributed by atoms with E-state index < -0.39 is 11.8 Å². The van der Waals surface area contributed by atoms with Crippen molar-refractivity contribution in [3.05, 3.63) is 86.6 Å². The highest BCUT2D eigenvalue weighted by atomic mass is 35.5. The zero-order valence-corrected chi connectivity index (χ0v) is 27.7. The highest BCUT2D eigenvalue weighted by Crippen LogP contribution is 2.37. The van der Waals surface area contributed by atoms with E-state index in [2.05, 4.69) is 17.3 Å². The zero-order chi connectivity index (χ0) is 31.5. The van der Waals surface area contributed by atoms with Crippen molar-refractivity contribution in [2.24, 2.45) is 0 Å². The normalized spacial score (nSPS) is 11.1. The lowest BCUT2D eigenvalue weighted by atomic mass is 10.1. The van der Waals surface area contributed by atoms with Crippen LogP contribution >= 0.6 is 46.4 Å². The van der Waals surface area contributed by atoms with Gasteiger partial charge in [0.15, 0.2) is 12.4 Å². The summed E-state index contributed by atoms with van der Waals surface area (Å²) in [5.74, 6) is -0.767. The maximum atomic E-state index is 13.7. The number of aromatic nitrogens is 3. The van der Waals surface area contributed by atoms with Crippen LogP contribution < -0.4 is 15.0 Å². The van der Waals surface area contributed by atoms with E-state index in [1.54, 1.807) is 47.3 Å². The van der Waals surface area contributed by atoms with Crippen molar-refractivity contribution in [1.82, 2.24) is 9.78 Å². The molecule has 0 saturated carbocycles. The molecule has 0 fully saturated rings. The molecule has 4 aromatic rings. The van der Waals surface area contributed by atoms with E-state index in [1.807, 2.05) is 6.07 Å². The van der Waals surface area contributed by atoms with Gasteiger partial charge < -0.3 is 15.2 Å². The molecule has 0 aliphatic rings. The molecule has 44 heavy (non-hydrogen) atoms. The molecule has 0 atom stereocenters. The number of esters is 1. The van der Waals surface area contributed by atoms with Crippen molar-refractivity contribution in [3.63, 3.8) is 0 Å². The third-order valence-electron chi connectivity index (χ3n) is 7.17. The highest BCUT2D eigenvalue weighted by molar-refractivity contribution is 6.40. The minimum Gasteiger partial charge on any atom is -0.854 e. The topological polar surface area (TPSA) is 83.1 Å². The number of carbonyl (C=O) groups excluding carboxylic acids is 1. The molecule has 2 heterocycles. The summed E-state index contributed by atoms with van der Waals surface area (Å²) in [5.41, 5.74) is 1.07. The number of unbranched alkanes of at least 4 members (excludes halogenated alkanes) is 9. The third-order valence-corrected chi connectivity index (χ3v) is 8.30. The summed E-state index contributed by atoms with van der Waals surface area (Å²) in [7, 11) is 0. The van der Waals surface area contributed by atoms with Gasteiger partial charge in [-0.2, -0.15) is 4.57 Å². The van der Waals surface area contributed by atoms with Crippen LogP contribution in [0.15, 0.2) is 60.9 Å². The maximum absolute atomic E-state index is 13.7. The van der Waals surface area contributed by atoms with E-state index in [-0.39, 0.29) is 27.2 Å². The number of benzene rings is 2. The fourth-order valence-electron chi connectivity index (χ4n) is 4.86. The van der Waals surface area contributed by atoms with Gasteiger partial charge in [0, 0.05) is 17.2 Å². The van der Waals surface area contributed by atoms with Crippen molar-refractivity contribution in [3.8, 4) is 17.3 Å². The Kier molecular flexibility index (Phi) is 13.0. The molecular weight excluding hydrogens is 642 g/mol. The molecule has 0 bridgehead atoms. The Bertz CT molecular complexity index is 1520. The van der Waals surface area contributed by atoms with Gasteiger partial charge in [0.2, 0.25) is 5.82 Å². The van der Waals surface area contributed by atoms with Gasteiger partial charge >= 0.3 is 5.97 Å². The molecule has 7 nitrogen and oxygen atoms in total. The number of halogens is 4. The molecule has 2 aromatic heterocycles. The molecule has 0 spiro atoms. The molecule has 4 rings (SSSR count). The van der Waals surface area contributed by atoms with Crippen molar-refractivity contribution < 1.29 is 19.2 Å². The van der Waals surface area contributed by atoms with Crippen molar-refractivity contribution >= 4 is 63.9 Å². The highest BCUT2D eigenvalue weighted by Gasteiger charge is 2.25. The summed E-state index contributed by atoms with van der Waals surface area (Å²) >= 11 is 25.4. The number of rotatable bonds is 16. The summed E-state index contributed by atoms with van der Waals surface area (Å²) in [4.78, 5) is 12.8. The van der Waals surface area contributed by atoms with Gasteiger partial charge in [-0.3, -0.25) is 0 Å². The van der Waals surface area contributed by atoms with E-state index in [1.165, 1.54) is 57.1 Å². The third kappa shape index (κ3) is 9.04. The lowest BCUT2D eigenvalue weighted by Crippen LogP contribution is -2.31. The van der Waals surface area contributed by atoms with Gasteiger partial charge in [-0.15, -0.1) is 5.10 Å². The van der Waals surface area contributed by atoms with Crippen molar-refractivity contribution in [2.75, 3.05) is 11.9 Å². The Morgan fingerprint density at radius 1 is 0.864 bits per heavy atom. The average molecular weight is 678 g/mol. The van der Waals surface area contributed by atoms with Crippen molar-refractivity contribution in [1.29, 1.82) is 0 Å². The predicted molar refractivity (Wildman–Crippen MR) is 176 cm³/mol. The Labute approximate surface area is 278 Å². The summed E-state index contributed by atoms with van der Waals surface area (Å²) in [5, 5.41) is 22.3. The van der Waals surface area contributed by atoms with E-state index in [0.717, 1.165) is 23.9 Å². The van der Waals surface area contributed by atoms with E-state index in [9.17, 15) is 9.90 Å². The first-order valence-corrected chi connectivity index (χ1v) is 16.5. The molecule has 0 saturated heterocycles. The SMILES string of the molecule is CCCCCCCCCCCCOC(=O)c1ccc(Cl)c(Nc2nn(-c3c(Cl)cc(Cl)cc3Cl)c([O-])c2-[n+]2ccccc2)c1. The van der Waals surface area contributed by atoms with Crippen LogP contribution in [0.4, 0.5) is 11.5 Å². The molecule has 0 radical (unpaired) electrons. The Morgan fingerprint density at radius 2 is 1.48 bits per heavy atom. The minimum absolute atomic E-state index is 0.156. The summed E-state index contributed by atoms with van der Waals surface area (Å²) in [6, 6.07) is 13.1. The number of anilines is 2. The number of nitrogens with one attached hydrogen (secondary N) is 1. The minimum atomic E-state index is -0.488. The summed E-state index contributed by atoms with van der Waals surface area (Å²) in [6.45, 7) is 2.58. The molecular formula is C33H36Cl4N4O3. The Hall–Kier alpha value is -2.97. The van der Waals surface area contributed by atoms with Crippen LogP contribution in [0.2, 0.25) is 20.1 Å². The van der Waals surface area contributed by atoms with E-state index in [4.69, 9.17) is 51.1 Å². The second kappa shape index (κ2) is 16.9. The number of carbonyl (C=O) groups is 1. The van der Waals surface area contributed by atoms with Crippen LogP contribution in [0.1, 0.15) is 81.5 Å². The monoisotopic (exact) mass is 676 g/mol. The van der Waals surface area contributed by atoms with E-state index >= 15 is 0 Å². The first-order chi connectivity index (χ1) is 21.3. The maximum Gasteiger partial charge on any atom is 0.338 e. The number of nitrogens with zero attached hydrogens (tertiary/aromatic N) is 3. The smallest absolute Gasteiger partial charge is 0.338 e. The largest absolute Gasteiger partial charge is 0.854 e. The first kappa shape index (κ1) is 33.9. The first-order valence-electron chi connectivity index (χ1n) is 15.0. The fourth-order valence-corrected chi connectivity index (χ4v) is 6.00. The summed E-state index contributed by atoms with van der Waals surface area (Å²) in [6.07, 6.45) is 15.4.